The van der Waals surface area contributed by atoms with Crippen molar-refractivity contribution < 1.29 is 9.84 Å². The van der Waals surface area contributed by atoms with Crippen molar-refractivity contribution in [1.29, 1.82) is 0 Å². The molecule has 1 N–H and O–H groups in total. The fraction of sp³-hybridized carbons (Fsp3) is 0.250. The Labute approximate surface area is 117 Å². The Bertz CT molecular complexity index is 595. The monoisotopic (exact) mass is 274 g/mol. The van der Waals surface area contributed by atoms with Crippen LogP contribution >= 0.6 is 11.6 Å². The molecule has 98 valence electrons. The van der Waals surface area contributed by atoms with E-state index in [-0.39, 0.29) is 0 Å². The highest BCUT2D eigenvalue weighted by Gasteiger charge is 2.20. The Balaban J connectivity index is 1.85. The van der Waals surface area contributed by atoms with Crippen molar-refractivity contribution in [2.75, 3.05) is 6.61 Å². The Morgan fingerprint density at radius 2 is 2.05 bits per heavy atom. The first-order chi connectivity index (χ1) is 9.24. The first kappa shape index (κ1) is 12.5. The molecule has 2 nitrogen and oxygen atoms in total. The number of ether oxygens (including phenoxy) is 1. The maximum absolute atomic E-state index is 10.4. The van der Waals surface area contributed by atoms with Gasteiger partial charge in [0.1, 0.15) is 5.75 Å². The van der Waals surface area contributed by atoms with Crippen LogP contribution in [-0.2, 0) is 12.8 Å². The highest BCUT2D eigenvalue weighted by atomic mass is 35.5. The van der Waals surface area contributed by atoms with Gasteiger partial charge in [-0.25, -0.2) is 0 Å². The van der Waals surface area contributed by atoms with Gasteiger partial charge in [-0.1, -0.05) is 41.9 Å². The van der Waals surface area contributed by atoms with Gasteiger partial charge in [-0.2, -0.15) is 0 Å². The summed E-state index contributed by atoms with van der Waals surface area (Å²) in [4.78, 5) is 0. The Hall–Kier alpha value is -1.51. The van der Waals surface area contributed by atoms with E-state index in [0.717, 1.165) is 23.3 Å². The van der Waals surface area contributed by atoms with Crippen LogP contribution < -0.4 is 4.74 Å². The zero-order valence-electron chi connectivity index (χ0n) is 10.5. The number of halogens is 1. The van der Waals surface area contributed by atoms with Crippen molar-refractivity contribution in [2.45, 2.75) is 18.9 Å². The van der Waals surface area contributed by atoms with Crippen LogP contribution in [0, 0.1) is 0 Å². The van der Waals surface area contributed by atoms with E-state index in [1.54, 1.807) is 0 Å². The van der Waals surface area contributed by atoms with Crippen molar-refractivity contribution >= 4 is 11.6 Å². The van der Waals surface area contributed by atoms with Crippen molar-refractivity contribution in [1.82, 2.24) is 0 Å². The predicted octanol–water partition coefficient (Wildman–Crippen LogP) is 3.55. The molecule has 1 heterocycles. The van der Waals surface area contributed by atoms with Gasteiger partial charge in [-0.05, 0) is 23.3 Å². The molecular formula is C16H15ClO2. The molecule has 1 aliphatic rings. The molecule has 3 rings (SSSR count). The minimum absolute atomic E-state index is 0.542. The zero-order valence-corrected chi connectivity index (χ0v) is 11.2. The zero-order chi connectivity index (χ0) is 13.2. The summed E-state index contributed by atoms with van der Waals surface area (Å²) in [6.07, 6.45) is 0.902. The number of rotatable bonds is 3. The van der Waals surface area contributed by atoms with E-state index in [1.807, 2.05) is 36.4 Å². The number of hydrogen-bond donors (Lipinski definition) is 1. The molecule has 1 unspecified atom stereocenters. The maximum atomic E-state index is 10.4. The smallest absolute Gasteiger partial charge is 0.128 e. The van der Waals surface area contributed by atoms with E-state index in [1.165, 1.54) is 5.56 Å². The van der Waals surface area contributed by atoms with E-state index in [0.29, 0.717) is 18.1 Å². The molecule has 0 spiro atoms. The fourth-order valence-corrected chi connectivity index (χ4v) is 2.71. The molecular weight excluding hydrogens is 260 g/mol. The molecule has 0 bridgehead atoms. The van der Waals surface area contributed by atoms with Gasteiger partial charge in [0.2, 0.25) is 0 Å². The van der Waals surface area contributed by atoms with Gasteiger partial charge in [0, 0.05) is 23.4 Å². The van der Waals surface area contributed by atoms with Crippen molar-refractivity contribution in [2.24, 2.45) is 0 Å². The second-order valence-corrected chi connectivity index (χ2v) is 5.22. The normalized spacial score (nSPS) is 14.8. The fourth-order valence-electron chi connectivity index (χ4n) is 2.50. The van der Waals surface area contributed by atoms with Crippen LogP contribution in [0.2, 0.25) is 5.02 Å². The summed E-state index contributed by atoms with van der Waals surface area (Å²) in [6, 6.07) is 13.5. The van der Waals surface area contributed by atoms with Crippen LogP contribution in [0.1, 0.15) is 22.8 Å². The lowest BCUT2D eigenvalue weighted by Gasteiger charge is -2.14. The average molecular weight is 275 g/mol. The largest absolute Gasteiger partial charge is 0.493 e. The molecule has 0 aromatic heterocycles. The molecule has 1 atom stereocenters. The minimum atomic E-state index is -0.563. The Kier molecular flexibility index (Phi) is 3.45. The molecule has 0 fully saturated rings. The molecule has 19 heavy (non-hydrogen) atoms. The first-order valence-electron chi connectivity index (χ1n) is 6.41. The molecule has 0 saturated carbocycles. The van der Waals surface area contributed by atoms with Gasteiger partial charge in [0.25, 0.3) is 0 Å². The summed E-state index contributed by atoms with van der Waals surface area (Å²) in [7, 11) is 0. The third-order valence-corrected chi connectivity index (χ3v) is 3.66. The lowest BCUT2D eigenvalue weighted by atomic mass is 9.98. The molecule has 3 heteroatoms. The van der Waals surface area contributed by atoms with E-state index < -0.39 is 6.10 Å². The summed E-state index contributed by atoms with van der Waals surface area (Å²) in [5.41, 5.74) is 3.08. The second-order valence-electron chi connectivity index (χ2n) is 4.78. The third kappa shape index (κ3) is 2.60. The molecule has 2 aromatic carbocycles. The summed E-state index contributed by atoms with van der Waals surface area (Å²) in [5, 5.41) is 11.1. The van der Waals surface area contributed by atoms with Crippen LogP contribution in [0.25, 0.3) is 0 Å². The SMILES string of the molecule is OC(Cc1cccc(Cl)c1)c1cccc2c1OCC2. The number of fused-ring (bicyclic) bond motifs is 1. The molecule has 0 radical (unpaired) electrons. The maximum Gasteiger partial charge on any atom is 0.128 e. The van der Waals surface area contributed by atoms with Crippen LogP contribution in [0.15, 0.2) is 42.5 Å². The van der Waals surface area contributed by atoms with Gasteiger partial charge >= 0.3 is 0 Å². The lowest BCUT2D eigenvalue weighted by molar-refractivity contribution is 0.173. The molecule has 0 saturated heterocycles. The summed E-state index contributed by atoms with van der Waals surface area (Å²) in [6.45, 7) is 0.705. The Morgan fingerprint density at radius 3 is 2.89 bits per heavy atom. The molecule has 0 amide bonds. The summed E-state index contributed by atoms with van der Waals surface area (Å²) in [5.74, 6) is 0.858. The summed E-state index contributed by atoms with van der Waals surface area (Å²) < 4.78 is 5.63. The van der Waals surface area contributed by atoms with Crippen molar-refractivity contribution in [3.8, 4) is 5.75 Å². The topological polar surface area (TPSA) is 29.5 Å². The lowest BCUT2D eigenvalue weighted by Crippen LogP contribution is -2.04. The van der Waals surface area contributed by atoms with Gasteiger partial charge in [-0.3, -0.25) is 0 Å². The summed E-state index contributed by atoms with van der Waals surface area (Å²) >= 11 is 5.96. The number of benzene rings is 2. The van der Waals surface area contributed by atoms with Crippen LogP contribution in [0.5, 0.6) is 5.75 Å². The van der Waals surface area contributed by atoms with E-state index in [9.17, 15) is 5.11 Å². The van der Waals surface area contributed by atoms with E-state index >= 15 is 0 Å². The van der Waals surface area contributed by atoms with Crippen LogP contribution in [0.4, 0.5) is 0 Å². The van der Waals surface area contributed by atoms with E-state index in [2.05, 4.69) is 6.07 Å². The standard InChI is InChI=1S/C16H15ClO2/c17-13-5-1-3-11(9-13)10-15(18)14-6-2-4-12-7-8-19-16(12)14/h1-6,9,15,18H,7-8,10H2. The molecule has 2 aromatic rings. The minimum Gasteiger partial charge on any atom is -0.493 e. The first-order valence-corrected chi connectivity index (χ1v) is 6.79. The number of aliphatic hydroxyl groups is 1. The van der Waals surface area contributed by atoms with E-state index in [4.69, 9.17) is 16.3 Å². The van der Waals surface area contributed by atoms with Gasteiger partial charge in [0.15, 0.2) is 0 Å². The second kappa shape index (κ2) is 5.24. The number of aliphatic hydroxyl groups excluding tert-OH is 1. The molecule has 1 aliphatic heterocycles. The average Bonchev–Trinajstić information content (AvgIpc) is 2.86. The predicted molar refractivity (Wildman–Crippen MR) is 75.8 cm³/mol. The number of hydrogen-bond acceptors (Lipinski definition) is 2. The highest BCUT2D eigenvalue weighted by Crippen LogP contribution is 2.34. The van der Waals surface area contributed by atoms with Crippen molar-refractivity contribution in [3.63, 3.8) is 0 Å². The van der Waals surface area contributed by atoms with Gasteiger partial charge in [-0.15, -0.1) is 0 Å². The number of para-hydroxylation sites is 1. The quantitative estimate of drug-likeness (QED) is 0.927. The van der Waals surface area contributed by atoms with Gasteiger partial charge in [0.05, 0.1) is 12.7 Å². The van der Waals surface area contributed by atoms with Crippen molar-refractivity contribution in [3.05, 3.63) is 64.2 Å². The Morgan fingerprint density at radius 1 is 1.21 bits per heavy atom. The van der Waals surface area contributed by atoms with Crippen LogP contribution in [0.3, 0.4) is 0 Å². The highest BCUT2D eigenvalue weighted by molar-refractivity contribution is 6.30. The van der Waals surface area contributed by atoms with Gasteiger partial charge < -0.3 is 9.84 Å². The third-order valence-electron chi connectivity index (χ3n) is 3.42. The van der Waals surface area contributed by atoms with Crippen LogP contribution in [-0.4, -0.2) is 11.7 Å². The molecule has 0 aliphatic carbocycles.